The van der Waals surface area contributed by atoms with Crippen LogP contribution in [0.15, 0.2) is 18.2 Å². The highest BCUT2D eigenvalue weighted by molar-refractivity contribution is 5.42. The average molecular weight is 238 g/mol. The topological polar surface area (TPSA) is 47.7 Å². The molecule has 4 nitrogen and oxygen atoms in total. The Morgan fingerprint density at radius 2 is 1.94 bits per heavy atom. The third-order valence-corrected chi connectivity index (χ3v) is 2.86. The van der Waals surface area contributed by atoms with Crippen LogP contribution in [0.3, 0.4) is 0 Å². The lowest BCUT2D eigenvalue weighted by atomic mass is 10.0. The molecule has 1 aromatic rings. The first-order valence-electron chi connectivity index (χ1n) is 5.72. The SMILES string of the molecule is COc1ccc(C(CCN)N(C)C)c(OC)c1. The van der Waals surface area contributed by atoms with Gasteiger partial charge in [-0.25, -0.2) is 0 Å². The summed E-state index contributed by atoms with van der Waals surface area (Å²) in [6.07, 6.45) is 0.899. The average Bonchev–Trinajstić information content (AvgIpc) is 2.35. The summed E-state index contributed by atoms with van der Waals surface area (Å²) < 4.78 is 10.6. The first-order chi connectivity index (χ1) is 8.13. The van der Waals surface area contributed by atoms with E-state index in [2.05, 4.69) is 4.90 Å². The summed E-state index contributed by atoms with van der Waals surface area (Å²) in [5, 5.41) is 0. The Labute approximate surface area is 103 Å². The fourth-order valence-electron chi connectivity index (χ4n) is 1.94. The molecule has 0 fully saturated rings. The lowest BCUT2D eigenvalue weighted by Crippen LogP contribution is -2.23. The molecule has 0 heterocycles. The third-order valence-electron chi connectivity index (χ3n) is 2.86. The molecule has 96 valence electrons. The number of benzene rings is 1. The van der Waals surface area contributed by atoms with Crippen molar-refractivity contribution in [3.05, 3.63) is 23.8 Å². The summed E-state index contributed by atoms with van der Waals surface area (Å²) in [7, 11) is 7.42. The van der Waals surface area contributed by atoms with Gasteiger partial charge in [0.05, 0.1) is 14.2 Å². The van der Waals surface area contributed by atoms with Gasteiger partial charge in [-0.1, -0.05) is 6.07 Å². The van der Waals surface area contributed by atoms with Gasteiger partial charge in [0.15, 0.2) is 0 Å². The van der Waals surface area contributed by atoms with Crippen LogP contribution in [-0.4, -0.2) is 39.8 Å². The van der Waals surface area contributed by atoms with Gasteiger partial charge >= 0.3 is 0 Å². The molecule has 2 N–H and O–H groups in total. The Kier molecular flexibility index (Phi) is 5.25. The van der Waals surface area contributed by atoms with Gasteiger partial charge in [-0.2, -0.15) is 0 Å². The number of nitrogens with two attached hydrogens (primary N) is 1. The second-order valence-corrected chi connectivity index (χ2v) is 4.16. The van der Waals surface area contributed by atoms with E-state index in [1.807, 2.05) is 32.3 Å². The van der Waals surface area contributed by atoms with E-state index in [1.165, 1.54) is 0 Å². The maximum absolute atomic E-state index is 5.66. The van der Waals surface area contributed by atoms with Crippen molar-refractivity contribution in [3.8, 4) is 11.5 Å². The van der Waals surface area contributed by atoms with Gasteiger partial charge < -0.3 is 20.1 Å². The summed E-state index contributed by atoms with van der Waals surface area (Å²) >= 11 is 0. The molecule has 0 bridgehead atoms. The molecule has 0 amide bonds. The van der Waals surface area contributed by atoms with E-state index in [0.717, 1.165) is 23.5 Å². The van der Waals surface area contributed by atoms with Crippen LogP contribution < -0.4 is 15.2 Å². The second kappa shape index (κ2) is 6.47. The van der Waals surface area contributed by atoms with Crippen LogP contribution in [0.1, 0.15) is 18.0 Å². The van der Waals surface area contributed by atoms with E-state index in [1.54, 1.807) is 14.2 Å². The highest BCUT2D eigenvalue weighted by Crippen LogP contribution is 2.33. The Morgan fingerprint density at radius 3 is 2.41 bits per heavy atom. The Balaban J connectivity index is 3.09. The zero-order valence-electron chi connectivity index (χ0n) is 11.1. The van der Waals surface area contributed by atoms with Crippen LogP contribution in [0.25, 0.3) is 0 Å². The number of rotatable bonds is 6. The van der Waals surface area contributed by atoms with Crippen molar-refractivity contribution in [1.82, 2.24) is 4.90 Å². The highest BCUT2D eigenvalue weighted by atomic mass is 16.5. The fraction of sp³-hybridized carbons (Fsp3) is 0.538. The molecule has 0 aliphatic heterocycles. The molecule has 1 rings (SSSR count). The number of hydrogen-bond acceptors (Lipinski definition) is 4. The van der Waals surface area contributed by atoms with E-state index in [0.29, 0.717) is 6.54 Å². The fourth-order valence-corrected chi connectivity index (χ4v) is 1.94. The van der Waals surface area contributed by atoms with Crippen LogP contribution in [0.5, 0.6) is 11.5 Å². The summed E-state index contributed by atoms with van der Waals surface area (Å²) in [5.74, 6) is 1.65. The lowest BCUT2D eigenvalue weighted by Gasteiger charge is -2.26. The van der Waals surface area contributed by atoms with Crippen molar-refractivity contribution in [2.45, 2.75) is 12.5 Å². The summed E-state index contributed by atoms with van der Waals surface area (Å²) in [4.78, 5) is 2.15. The predicted molar refractivity (Wildman–Crippen MR) is 69.6 cm³/mol. The van der Waals surface area contributed by atoms with E-state index >= 15 is 0 Å². The second-order valence-electron chi connectivity index (χ2n) is 4.16. The summed E-state index contributed by atoms with van der Waals surface area (Å²) in [6, 6.07) is 6.16. The molecule has 1 atom stereocenters. The van der Waals surface area contributed by atoms with Crippen LogP contribution in [0, 0.1) is 0 Å². The molecule has 0 aliphatic carbocycles. The van der Waals surface area contributed by atoms with Crippen molar-refractivity contribution < 1.29 is 9.47 Å². The molecular weight excluding hydrogens is 216 g/mol. The van der Waals surface area contributed by atoms with Crippen molar-refractivity contribution in [2.24, 2.45) is 5.73 Å². The maximum Gasteiger partial charge on any atom is 0.127 e. The van der Waals surface area contributed by atoms with E-state index in [9.17, 15) is 0 Å². The third kappa shape index (κ3) is 3.35. The number of nitrogens with zero attached hydrogens (tertiary/aromatic N) is 1. The van der Waals surface area contributed by atoms with Gasteiger partial charge in [0.1, 0.15) is 11.5 Å². The zero-order valence-corrected chi connectivity index (χ0v) is 11.1. The minimum atomic E-state index is 0.265. The molecule has 0 saturated carbocycles. The number of methoxy groups -OCH3 is 2. The molecule has 1 aromatic carbocycles. The molecule has 0 aromatic heterocycles. The van der Waals surface area contributed by atoms with Crippen LogP contribution in [0.4, 0.5) is 0 Å². The van der Waals surface area contributed by atoms with Crippen LogP contribution in [0.2, 0.25) is 0 Å². The molecule has 1 unspecified atom stereocenters. The Morgan fingerprint density at radius 1 is 1.24 bits per heavy atom. The van der Waals surface area contributed by atoms with E-state index in [-0.39, 0.29) is 6.04 Å². The summed E-state index contributed by atoms with van der Waals surface area (Å²) in [5.41, 5.74) is 6.80. The number of ether oxygens (including phenoxy) is 2. The molecule has 4 heteroatoms. The van der Waals surface area contributed by atoms with Crippen LogP contribution >= 0.6 is 0 Å². The molecule has 0 spiro atoms. The minimum absolute atomic E-state index is 0.265. The first-order valence-corrected chi connectivity index (χ1v) is 5.72. The van der Waals surface area contributed by atoms with Gasteiger partial charge in [-0.3, -0.25) is 0 Å². The Bertz CT molecular complexity index is 353. The highest BCUT2D eigenvalue weighted by Gasteiger charge is 2.18. The van der Waals surface area contributed by atoms with Gasteiger partial charge in [0, 0.05) is 17.7 Å². The summed E-state index contributed by atoms with van der Waals surface area (Å²) in [6.45, 7) is 0.651. The van der Waals surface area contributed by atoms with Crippen molar-refractivity contribution in [3.63, 3.8) is 0 Å². The molecule has 17 heavy (non-hydrogen) atoms. The smallest absolute Gasteiger partial charge is 0.127 e. The van der Waals surface area contributed by atoms with Crippen LogP contribution in [-0.2, 0) is 0 Å². The quantitative estimate of drug-likeness (QED) is 0.818. The molecule has 0 aliphatic rings. The lowest BCUT2D eigenvalue weighted by molar-refractivity contribution is 0.277. The Hall–Kier alpha value is -1.26. The predicted octanol–water partition coefficient (Wildman–Crippen LogP) is 1.66. The molecule has 0 saturated heterocycles. The van der Waals surface area contributed by atoms with Crippen molar-refractivity contribution in [2.75, 3.05) is 34.9 Å². The normalized spacial score (nSPS) is 12.6. The van der Waals surface area contributed by atoms with Gasteiger partial charge in [-0.05, 0) is 33.1 Å². The van der Waals surface area contributed by atoms with E-state index < -0.39 is 0 Å². The van der Waals surface area contributed by atoms with E-state index in [4.69, 9.17) is 15.2 Å². The standard InChI is InChI=1S/C13H22N2O2/c1-15(2)12(7-8-14)11-6-5-10(16-3)9-13(11)17-4/h5-6,9,12H,7-8,14H2,1-4H3. The maximum atomic E-state index is 5.66. The minimum Gasteiger partial charge on any atom is -0.497 e. The van der Waals surface area contributed by atoms with Crippen molar-refractivity contribution >= 4 is 0 Å². The molecular formula is C13H22N2O2. The largest absolute Gasteiger partial charge is 0.497 e. The zero-order chi connectivity index (χ0) is 12.8. The first kappa shape index (κ1) is 13.8. The van der Waals surface area contributed by atoms with Crippen molar-refractivity contribution in [1.29, 1.82) is 0 Å². The molecule has 0 radical (unpaired) electrons. The van der Waals surface area contributed by atoms with Gasteiger partial charge in [0.25, 0.3) is 0 Å². The van der Waals surface area contributed by atoms with Gasteiger partial charge in [-0.15, -0.1) is 0 Å². The monoisotopic (exact) mass is 238 g/mol. The van der Waals surface area contributed by atoms with Gasteiger partial charge in [0.2, 0.25) is 0 Å². The number of hydrogen-bond donors (Lipinski definition) is 1.